The minimum atomic E-state index is -3.24. The van der Waals surface area contributed by atoms with Crippen LogP contribution in [-0.2, 0) is 14.8 Å². The lowest BCUT2D eigenvalue weighted by molar-refractivity contribution is -0.124. The van der Waals surface area contributed by atoms with Crippen molar-refractivity contribution < 1.29 is 17.9 Å². The van der Waals surface area contributed by atoms with Gasteiger partial charge in [-0.3, -0.25) is 4.79 Å². The molecule has 1 N–H and O–H groups in total. The van der Waals surface area contributed by atoms with Gasteiger partial charge in [0.2, 0.25) is 10.0 Å². The number of para-hydroxylation sites is 1. The number of ether oxygens (including phenoxy) is 1. The summed E-state index contributed by atoms with van der Waals surface area (Å²) in [5.74, 6) is 0.0182. The maximum atomic E-state index is 12.0. The smallest absolute Gasteiger partial charge is 0.258 e. The van der Waals surface area contributed by atoms with Crippen molar-refractivity contribution in [3.63, 3.8) is 0 Å². The van der Waals surface area contributed by atoms with Crippen LogP contribution in [0.1, 0.15) is 18.4 Å². The van der Waals surface area contributed by atoms with E-state index >= 15 is 0 Å². The fourth-order valence-electron chi connectivity index (χ4n) is 2.46. The average Bonchev–Trinajstić information content (AvgIpc) is 2.52. The number of rotatable bonds is 5. The van der Waals surface area contributed by atoms with E-state index in [0.717, 1.165) is 6.42 Å². The molecule has 0 aliphatic carbocycles. The summed E-state index contributed by atoms with van der Waals surface area (Å²) >= 11 is 0. The zero-order chi connectivity index (χ0) is 16.9. The molecule has 7 nitrogen and oxygen atoms in total. The van der Waals surface area contributed by atoms with Crippen LogP contribution in [0.3, 0.4) is 0 Å². The quantitative estimate of drug-likeness (QED) is 0.842. The van der Waals surface area contributed by atoms with Crippen molar-refractivity contribution >= 4 is 15.9 Å². The van der Waals surface area contributed by atoms with E-state index in [1.807, 2.05) is 6.07 Å². The van der Waals surface area contributed by atoms with Crippen molar-refractivity contribution in [2.75, 3.05) is 26.0 Å². The van der Waals surface area contributed by atoms with Crippen LogP contribution >= 0.6 is 0 Å². The Labute approximate surface area is 135 Å². The highest BCUT2D eigenvalue weighted by molar-refractivity contribution is 7.88. The first-order valence-electron chi connectivity index (χ1n) is 7.26. The normalized spacial score (nSPS) is 18.9. The van der Waals surface area contributed by atoms with Crippen LogP contribution in [0.2, 0.25) is 0 Å². The van der Waals surface area contributed by atoms with Gasteiger partial charge < -0.3 is 10.1 Å². The predicted molar refractivity (Wildman–Crippen MR) is 84.2 cm³/mol. The molecule has 0 radical (unpaired) electrons. The third kappa shape index (κ3) is 4.94. The van der Waals surface area contributed by atoms with Gasteiger partial charge in [0.25, 0.3) is 5.91 Å². The third-order valence-electron chi connectivity index (χ3n) is 3.58. The van der Waals surface area contributed by atoms with Crippen molar-refractivity contribution in [3.05, 3.63) is 29.8 Å². The fraction of sp³-hybridized carbons (Fsp3) is 0.467. The summed E-state index contributed by atoms with van der Waals surface area (Å²) < 4.78 is 29.8. The maximum absolute atomic E-state index is 12.0. The Morgan fingerprint density at radius 1 is 1.48 bits per heavy atom. The van der Waals surface area contributed by atoms with Crippen molar-refractivity contribution in [1.29, 1.82) is 5.26 Å². The van der Waals surface area contributed by atoms with Gasteiger partial charge in [-0.2, -0.15) is 5.26 Å². The van der Waals surface area contributed by atoms with Gasteiger partial charge in [-0.05, 0) is 25.0 Å². The molecule has 1 atom stereocenters. The first kappa shape index (κ1) is 17.2. The van der Waals surface area contributed by atoms with Gasteiger partial charge in [0, 0.05) is 19.1 Å². The Morgan fingerprint density at radius 3 is 2.91 bits per heavy atom. The number of carbonyl (C=O) groups is 1. The highest BCUT2D eigenvalue weighted by atomic mass is 32.2. The molecule has 1 heterocycles. The fourth-order valence-corrected chi connectivity index (χ4v) is 3.37. The number of sulfonamides is 1. The summed E-state index contributed by atoms with van der Waals surface area (Å²) in [6.45, 7) is 0.546. The van der Waals surface area contributed by atoms with Crippen molar-refractivity contribution in [1.82, 2.24) is 9.62 Å². The molecule has 1 aromatic rings. The summed E-state index contributed by atoms with van der Waals surface area (Å²) in [7, 11) is -3.24. The SMILES string of the molecule is CS(=O)(=O)N1CCC[C@@H](NC(=O)COc2ccccc2C#N)C1. The van der Waals surface area contributed by atoms with Crippen LogP contribution in [0.15, 0.2) is 24.3 Å². The number of nitriles is 1. The molecule has 0 aromatic heterocycles. The van der Waals surface area contributed by atoms with Crippen molar-refractivity contribution in [2.24, 2.45) is 0 Å². The molecule has 0 bridgehead atoms. The minimum Gasteiger partial charge on any atom is -0.482 e. The van der Waals surface area contributed by atoms with E-state index in [2.05, 4.69) is 5.32 Å². The Balaban J connectivity index is 1.86. The average molecular weight is 337 g/mol. The van der Waals surface area contributed by atoms with Crippen LogP contribution in [0, 0.1) is 11.3 Å². The molecule has 0 unspecified atom stereocenters. The molecule has 1 fully saturated rings. The molecular weight excluding hydrogens is 318 g/mol. The number of piperidine rings is 1. The molecule has 1 aromatic carbocycles. The Bertz CT molecular complexity index is 712. The molecule has 2 rings (SSSR count). The molecule has 0 spiro atoms. The van der Waals surface area contributed by atoms with Crippen LogP contribution < -0.4 is 10.1 Å². The van der Waals surface area contributed by atoms with E-state index in [1.54, 1.807) is 24.3 Å². The number of nitrogens with zero attached hydrogens (tertiary/aromatic N) is 2. The molecule has 1 saturated heterocycles. The number of hydrogen-bond acceptors (Lipinski definition) is 5. The summed E-state index contributed by atoms with van der Waals surface area (Å²) in [6, 6.07) is 8.44. The Hall–Kier alpha value is -2.11. The molecule has 1 aliphatic rings. The first-order valence-corrected chi connectivity index (χ1v) is 9.11. The van der Waals surface area contributed by atoms with Crippen molar-refractivity contribution in [2.45, 2.75) is 18.9 Å². The van der Waals surface area contributed by atoms with Crippen molar-refractivity contribution in [3.8, 4) is 11.8 Å². The number of hydrogen-bond donors (Lipinski definition) is 1. The summed E-state index contributed by atoms with van der Waals surface area (Å²) in [5.41, 5.74) is 0.362. The standard InChI is InChI=1S/C15H19N3O4S/c1-23(20,21)18-8-4-6-13(10-18)17-15(19)11-22-14-7-3-2-5-12(14)9-16/h2-3,5,7,13H,4,6,8,10-11H2,1H3,(H,17,19)/t13-/m1/s1. The van der Waals surface area contributed by atoms with Gasteiger partial charge in [-0.1, -0.05) is 12.1 Å². The van der Waals surface area contributed by atoms with E-state index < -0.39 is 10.0 Å². The van der Waals surface area contributed by atoms with Gasteiger partial charge in [0.15, 0.2) is 6.61 Å². The molecule has 0 saturated carbocycles. The summed E-state index contributed by atoms with van der Waals surface area (Å²) in [6.07, 6.45) is 2.60. The van der Waals surface area contributed by atoms with E-state index in [1.165, 1.54) is 10.6 Å². The highest BCUT2D eigenvalue weighted by Gasteiger charge is 2.26. The lowest BCUT2D eigenvalue weighted by atomic mass is 10.1. The van der Waals surface area contributed by atoms with Crippen LogP contribution in [0.5, 0.6) is 5.75 Å². The second kappa shape index (κ2) is 7.44. The number of carbonyl (C=O) groups excluding carboxylic acids is 1. The molecular formula is C15H19N3O4S. The van der Waals surface area contributed by atoms with Gasteiger partial charge in [0.05, 0.1) is 11.8 Å². The molecule has 23 heavy (non-hydrogen) atoms. The van der Waals surface area contributed by atoms with Crippen LogP contribution in [-0.4, -0.2) is 50.6 Å². The highest BCUT2D eigenvalue weighted by Crippen LogP contribution is 2.16. The Morgan fingerprint density at radius 2 is 2.22 bits per heavy atom. The third-order valence-corrected chi connectivity index (χ3v) is 4.85. The molecule has 1 aliphatic heterocycles. The largest absolute Gasteiger partial charge is 0.482 e. The summed E-state index contributed by atoms with van der Waals surface area (Å²) in [4.78, 5) is 12.0. The van der Waals surface area contributed by atoms with Crippen LogP contribution in [0.25, 0.3) is 0 Å². The topological polar surface area (TPSA) is 99.5 Å². The van der Waals surface area contributed by atoms with Crippen LogP contribution in [0.4, 0.5) is 0 Å². The molecule has 1 amide bonds. The van der Waals surface area contributed by atoms with Gasteiger partial charge in [0.1, 0.15) is 11.8 Å². The lowest BCUT2D eigenvalue weighted by Gasteiger charge is -2.31. The molecule has 8 heteroatoms. The predicted octanol–water partition coefficient (Wildman–Crippen LogP) is 0.477. The van der Waals surface area contributed by atoms with E-state index in [0.29, 0.717) is 24.3 Å². The second-order valence-corrected chi connectivity index (χ2v) is 7.41. The lowest BCUT2D eigenvalue weighted by Crippen LogP contribution is -2.50. The zero-order valence-electron chi connectivity index (χ0n) is 12.9. The van der Waals surface area contributed by atoms with Gasteiger partial charge in [-0.25, -0.2) is 12.7 Å². The number of nitrogens with one attached hydrogen (secondary N) is 1. The number of amides is 1. The first-order chi connectivity index (χ1) is 10.9. The summed E-state index contributed by atoms with van der Waals surface area (Å²) in [5, 5.41) is 11.7. The number of benzene rings is 1. The Kier molecular flexibility index (Phi) is 5.58. The van der Waals surface area contributed by atoms with E-state index in [4.69, 9.17) is 10.00 Å². The van der Waals surface area contributed by atoms with E-state index in [9.17, 15) is 13.2 Å². The second-order valence-electron chi connectivity index (χ2n) is 5.42. The van der Waals surface area contributed by atoms with Gasteiger partial charge in [-0.15, -0.1) is 0 Å². The van der Waals surface area contributed by atoms with Gasteiger partial charge >= 0.3 is 0 Å². The monoisotopic (exact) mass is 337 g/mol. The zero-order valence-corrected chi connectivity index (χ0v) is 13.7. The maximum Gasteiger partial charge on any atom is 0.258 e. The molecule has 124 valence electrons. The minimum absolute atomic E-state index is 0.214. The van der Waals surface area contributed by atoms with E-state index in [-0.39, 0.29) is 25.1 Å².